The van der Waals surface area contributed by atoms with Crippen LogP contribution in [0.25, 0.3) is 10.9 Å². The van der Waals surface area contributed by atoms with Crippen molar-refractivity contribution < 1.29 is 0 Å². The molecule has 2 unspecified atom stereocenters. The van der Waals surface area contributed by atoms with E-state index >= 15 is 0 Å². The molecule has 0 amide bonds. The molecule has 3 N–H and O–H groups in total. The molecule has 138 valence electrons. The minimum absolute atomic E-state index is 0.573. The lowest BCUT2D eigenvalue weighted by molar-refractivity contribution is -0.114. The predicted octanol–water partition coefficient (Wildman–Crippen LogP) is 4.97. The molecular weight excluding hydrogens is 318 g/mol. The molecule has 0 spiro atoms. The highest BCUT2D eigenvalue weighted by Gasteiger charge is 2.56. The number of hydrogen-bond acceptors (Lipinski definition) is 3. The van der Waals surface area contributed by atoms with Crippen molar-refractivity contribution in [3.05, 3.63) is 36.4 Å². The molecule has 0 saturated heterocycles. The van der Waals surface area contributed by atoms with Gasteiger partial charge in [-0.25, -0.2) is 4.98 Å². The van der Waals surface area contributed by atoms with Crippen molar-refractivity contribution in [2.75, 3.05) is 18.4 Å². The van der Waals surface area contributed by atoms with Gasteiger partial charge in [0.15, 0.2) is 0 Å². The highest BCUT2D eigenvalue weighted by atomic mass is 15.0. The molecule has 2 atom stereocenters. The SMILES string of the molecule is NCCC12CC3CC(C1)CC(CCNc1ccc4ccccc4n1)(C3)C2. The number of anilines is 1. The van der Waals surface area contributed by atoms with Gasteiger partial charge in [-0.05, 0) is 98.8 Å². The molecule has 1 aromatic heterocycles. The molecular formula is C23H31N3. The Bertz CT molecular complexity index is 785. The van der Waals surface area contributed by atoms with Gasteiger partial charge in [-0.15, -0.1) is 0 Å². The maximum absolute atomic E-state index is 5.99. The number of nitrogens with zero attached hydrogens (tertiary/aromatic N) is 1. The minimum atomic E-state index is 0.573. The zero-order valence-electron chi connectivity index (χ0n) is 15.7. The number of fused-ring (bicyclic) bond motifs is 1. The summed E-state index contributed by atoms with van der Waals surface area (Å²) in [5.41, 5.74) is 8.23. The smallest absolute Gasteiger partial charge is 0.126 e. The molecule has 26 heavy (non-hydrogen) atoms. The van der Waals surface area contributed by atoms with E-state index in [1.807, 2.05) is 0 Å². The van der Waals surface area contributed by atoms with Crippen LogP contribution in [0.3, 0.4) is 0 Å². The summed E-state index contributed by atoms with van der Waals surface area (Å²) in [6.45, 7) is 1.91. The summed E-state index contributed by atoms with van der Waals surface area (Å²) in [6, 6.07) is 12.6. The number of nitrogens with one attached hydrogen (secondary N) is 1. The van der Waals surface area contributed by atoms with Crippen LogP contribution in [-0.4, -0.2) is 18.1 Å². The number of benzene rings is 1. The monoisotopic (exact) mass is 349 g/mol. The fraction of sp³-hybridized carbons (Fsp3) is 0.609. The van der Waals surface area contributed by atoms with Gasteiger partial charge in [0.05, 0.1) is 5.52 Å². The Hall–Kier alpha value is -1.61. The first kappa shape index (κ1) is 16.6. The third-order valence-corrected chi connectivity index (χ3v) is 7.54. The topological polar surface area (TPSA) is 50.9 Å². The molecule has 0 radical (unpaired) electrons. The number of para-hydroxylation sites is 1. The molecule has 0 aliphatic heterocycles. The zero-order valence-corrected chi connectivity index (χ0v) is 15.7. The molecule has 3 nitrogen and oxygen atoms in total. The first-order chi connectivity index (χ1) is 12.7. The summed E-state index contributed by atoms with van der Waals surface area (Å²) in [5.74, 6) is 2.97. The third-order valence-electron chi connectivity index (χ3n) is 7.54. The van der Waals surface area contributed by atoms with Crippen LogP contribution in [0.1, 0.15) is 51.4 Å². The second-order valence-corrected chi connectivity index (χ2v) is 9.57. The highest BCUT2D eigenvalue weighted by molar-refractivity contribution is 5.80. The second-order valence-electron chi connectivity index (χ2n) is 9.57. The van der Waals surface area contributed by atoms with E-state index in [4.69, 9.17) is 10.7 Å². The number of nitrogens with two attached hydrogens (primary N) is 1. The lowest BCUT2D eigenvalue weighted by atomic mass is 9.43. The van der Waals surface area contributed by atoms with Crippen molar-refractivity contribution in [3.63, 3.8) is 0 Å². The van der Waals surface area contributed by atoms with Gasteiger partial charge in [0.25, 0.3) is 0 Å². The first-order valence-corrected chi connectivity index (χ1v) is 10.5. The number of aromatic nitrogens is 1. The lowest BCUT2D eigenvalue weighted by Crippen LogP contribution is -2.52. The van der Waals surface area contributed by atoms with E-state index < -0.39 is 0 Å². The van der Waals surface area contributed by atoms with Crippen molar-refractivity contribution >= 4 is 16.7 Å². The van der Waals surface area contributed by atoms with Crippen LogP contribution in [-0.2, 0) is 0 Å². The lowest BCUT2D eigenvalue weighted by Gasteiger charge is -2.62. The molecule has 1 aromatic carbocycles. The van der Waals surface area contributed by atoms with Crippen LogP contribution >= 0.6 is 0 Å². The standard InChI is InChI=1S/C23H31N3/c24-9-7-22-12-17-11-18(13-22)15-23(14-17,16-22)8-10-25-21-6-5-19-3-1-2-4-20(19)26-21/h1-6,17-18H,7-16,24H2,(H,25,26). The molecule has 4 saturated carbocycles. The Morgan fingerprint density at radius 3 is 2.46 bits per heavy atom. The van der Waals surface area contributed by atoms with Crippen molar-refractivity contribution in [2.24, 2.45) is 28.4 Å². The fourth-order valence-corrected chi connectivity index (χ4v) is 7.16. The average molecular weight is 350 g/mol. The largest absolute Gasteiger partial charge is 0.370 e. The molecule has 2 aromatic rings. The maximum Gasteiger partial charge on any atom is 0.126 e. The molecule has 4 fully saturated rings. The Balaban J connectivity index is 1.27. The van der Waals surface area contributed by atoms with Gasteiger partial charge in [0, 0.05) is 11.9 Å². The molecule has 1 heterocycles. The minimum Gasteiger partial charge on any atom is -0.370 e. The normalized spacial score (nSPS) is 35.1. The molecule has 4 aliphatic rings. The van der Waals surface area contributed by atoms with Crippen LogP contribution in [0.2, 0.25) is 0 Å². The van der Waals surface area contributed by atoms with E-state index in [0.29, 0.717) is 10.8 Å². The maximum atomic E-state index is 5.99. The number of rotatable bonds is 6. The van der Waals surface area contributed by atoms with Crippen LogP contribution in [0.4, 0.5) is 5.82 Å². The highest BCUT2D eigenvalue weighted by Crippen LogP contribution is 2.67. The Morgan fingerprint density at radius 2 is 1.69 bits per heavy atom. The van der Waals surface area contributed by atoms with Crippen LogP contribution < -0.4 is 11.1 Å². The third kappa shape index (κ3) is 2.90. The Labute approximate surface area is 156 Å². The molecule has 6 rings (SSSR count). The summed E-state index contributed by atoms with van der Waals surface area (Å²) >= 11 is 0. The zero-order chi connectivity index (χ0) is 17.6. The van der Waals surface area contributed by atoms with E-state index in [0.717, 1.165) is 36.3 Å². The van der Waals surface area contributed by atoms with Crippen LogP contribution in [0.15, 0.2) is 36.4 Å². The molecule has 4 bridgehead atoms. The van der Waals surface area contributed by atoms with E-state index in [2.05, 4.69) is 41.7 Å². The Kier molecular flexibility index (Phi) is 3.97. The molecule has 4 aliphatic carbocycles. The van der Waals surface area contributed by atoms with Gasteiger partial charge in [-0.2, -0.15) is 0 Å². The van der Waals surface area contributed by atoms with E-state index in [9.17, 15) is 0 Å². The van der Waals surface area contributed by atoms with E-state index in [1.54, 1.807) is 0 Å². The summed E-state index contributed by atoms with van der Waals surface area (Å²) in [5, 5.41) is 4.83. The van der Waals surface area contributed by atoms with Gasteiger partial charge >= 0.3 is 0 Å². The van der Waals surface area contributed by atoms with Gasteiger partial charge in [-0.1, -0.05) is 18.2 Å². The van der Waals surface area contributed by atoms with Crippen molar-refractivity contribution in [3.8, 4) is 0 Å². The predicted molar refractivity (Wildman–Crippen MR) is 108 cm³/mol. The summed E-state index contributed by atoms with van der Waals surface area (Å²) in [6.07, 6.45) is 11.3. The van der Waals surface area contributed by atoms with Gasteiger partial charge in [-0.3, -0.25) is 0 Å². The molecule has 3 heteroatoms. The van der Waals surface area contributed by atoms with Crippen molar-refractivity contribution in [1.29, 1.82) is 0 Å². The van der Waals surface area contributed by atoms with Crippen molar-refractivity contribution in [2.45, 2.75) is 51.4 Å². The quantitative estimate of drug-likeness (QED) is 0.774. The fourth-order valence-electron chi connectivity index (χ4n) is 7.16. The Morgan fingerprint density at radius 1 is 0.962 bits per heavy atom. The number of pyridine rings is 1. The summed E-state index contributed by atoms with van der Waals surface area (Å²) < 4.78 is 0. The summed E-state index contributed by atoms with van der Waals surface area (Å²) in [4.78, 5) is 4.77. The first-order valence-electron chi connectivity index (χ1n) is 10.5. The second kappa shape index (κ2) is 6.23. The van der Waals surface area contributed by atoms with Crippen molar-refractivity contribution in [1.82, 2.24) is 4.98 Å². The average Bonchev–Trinajstić information content (AvgIpc) is 2.60. The van der Waals surface area contributed by atoms with Crippen LogP contribution in [0, 0.1) is 22.7 Å². The van der Waals surface area contributed by atoms with Gasteiger partial charge in [0.1, 0.15) is 5.82 Å². The summed E-state index contributed by atoms with van der Waals surface area (Å²) in [7, 11) is 0. The van der Waals surface area contributed by atoms with Crippen LogP contribution in [0.5, 0.6) is 0 Å². The van der Waals surface area contributed by atoms with E-state index in [1.165, 1.54) is 56.8 Å². The number of hydrogen-bond donors (Lipinski definition) is 2. The van der Waals surface area contributed by atoms with Gasteiger partial charge < -0.3 is 11.1 Å². The van der Waals surface area contributed by atoms with Gasteiger partial charge in [0.2, 0.25) is 0 Å². The van der Waals surface area contributed by atoms with E-state index in [-0.39, 0.29) is 0 Å².